The van der Waals surface area contributed by atoms with E-state index in [0.717, 1.165) is 0 Å². The summed E-state index contributed by atoms with van der Waals surface area (Å²) in [5.74, 6) is 0.538. The Labute approximate surface area is 430 Å². The second kappa shape index (κ2) is 15.1. The van der Waals surface area contributed by atoms with Crippen molar-refractivity contribution < 1.29 is 0 Å². The molecule has 364 valence electrons. The third-order valence-corrected chi connectivity index (χ3v) is 21.4. The largest absolute Gasteiger partial charge is 0.311 e. The third kappa shape index (κ3) is 6.70. The van der Waals surface area contributed by atoms with Crippen LogP contribution in [0.5, 0.6) is 0 Å². The maximum Gasteiger partial charge on any atom is 0.254 e. The lowest BCUT2D eigenvalue weighted by atomic mass is 9.33. The minimum absolute atomic E-state index is 0.0575. The Balaban J connectivity index is 1.19. The van der Waals surface area contributed by atoms with Crippen LogP contribution in [-0.4, -0.2) is 6.71 Å². The number of nitrogens with zero attached hydrogens (tertiary/aromatic N) is 2. The van der Waals surface area contributed by atoms with Crippen LogP contribution < -0.4 is 26.2 Å². The van der Waals surface area contributed by atoms with Crippen molar-refractivity contribution >= 4 is 88.7 Å². The molecule has 0 atom stereocenters. The van der Waals surface area contributed by atoms with E-state index in [0.29, 0.717) is 5.92 Å². The van der Waals surface area contributed by atoms with Gasteiger partial charge in [0.15, 0.2) is 0 Å². The molecule has 1 aromatic heterocycles. The molecule has 1 fully saturated rings. The predicted octanol–water partition coefficient (Wildman–Crippen LogP) is 17.5. The lowest BCUT2D eigenvalue weighted by molar-refractivity contribution is 0.332. The maximum absolute atomic E-state index is 2.81. The Hall–Kier alpha value is -4.80. The van der Waals surface area contributed by atoms with Crippen molar-refractivity contribution in [3.05, 3.63) is 136 Å². The van der Waals surface area contributed by atoms with Crippen LogP contribution >= 0.6 is 11.3 Å². The highest BCUT2D eigenvalue weighted by molar-refractivity contribution is 7.28. The first-order chi connectivity index (χ1) is 33.6. The lowest BCUT2D eigenvalue weighted by Crippen LogP contribution is -2.62. The van der Waals surface area contributed by atoms with Gasteiger partial charge in [-0.1, -0.05) is 145 Å². The number of rotatable bonds is 3. The molecule has 1 saturated carbocycles. The van der Waals surface area contributed by atoms with Crippen molar-refractivity contribution in [2.75, 3.05) is 9.80 Å². The molecular weight excluding hydrogens is 876 g/mol. The van der Waals surface area contributed by atoms with E-state index in [9.17, 15) is 0 Å². The summed E-state index contributed by atoms with van der Waals surface area (Å²) < 4.78 is 2.82. The summed E-state index contributed by atoms with van der Waals surface area (Å²) in [5, 5.41) is 2.76. The number of anilines is 6. The van der Waals surface area contributed by atoms with Gasteiger partial charge in [-0.15, -0.1) is 11.3 Å². The van der Waals surface area contributed by atoms with Gasteiger partial charge in [-0.25, -0.2) is 0 Å². The van der Waals surface area contributed by atoms with Crippen LogP contribution in [0.1, 0.15) is 204 Å². The second-order valence-electron chi connectivity index (χ2n) is 27.6. The zero-order chi connectivity index (χ0) is 49.5. The molecule has 6 aromatic carbocycles. The minimum atomic E-state index is 0.0575. The van der Waals surface area contributed by atoms with E-state index in [2.05, 4.69) is 191 Å². The third-order valence-electron chi connectivity index (χ3n) is 20.2. The first kappa shape index (κ1) is 46.0. The van der Waals surface area contributed by atoms with E-state index in [1.54, 1.807) is 5.56 Å². The molecule has 71 heavy (non-hydrogen) atoms. The number of thiophene rings is 1. The zero-order valence-corrected chi connectivity index (χ0v) is 46.2. The highest BCUT2D eigenvalue weighted by Crippen LogP contribution is 2.56. The molecule has 4 aliphatic carbocycles. The van der Waals surface area contributed by atoms with Crippen LogP contribution in [0.2, 0.25) is 0 Å². The van der Waals surface area contributed by atoms with Gasteiger partial charge in [-0.2, -0.15) is 0 Å². The SMILES string of the molecule is Cc1cc2c(cc1N1c3cc(C4CCCCC4)cc4c3B(c3cc5c(cc3N4c3ccc4c(c3)C(C)(C)CCC4(C)C)C(C)(C)CCC5(C)C)c3c1ccc1c3sc3ccccc31)C(C)(C)CCC2(C)C. The highest BCUT2D eigenvalue weighted by Gasteiger charge is 2.49. The molecule has 0 saturated heterocycles. The molecule has 0 spiro atoms. The molecule has 0 amide bonds. The fourth-order valence-electron chi connectivity index (χ4n) is 15.2. The van der Waals surface area contributed by atoms with Gasteiger partial charge in [-0.3, -0.25) is 0 Å². The molecule has 0 N–H and O–H groups in total. The van der Waals surface area contributed by atoms with Gasteiger partial charge in [0.25, 0.3) is 6.71 Å². The van der Waals surface area contributed by atoms with Crippen LogP contribution in [0.15, 0.2) is 91.0 Å². The molecule has 0 bridgehead atoms. The van der Waals surface area contributed by atoms with Gasteiger partial charge in [0.05, 0.1) is 0 Å². The second-order valence-corrected chi connectivity index (χ2v) is 28.6. The molecule has 4 heteroatoms. The van der Waals surface area contributed by atoms with Gasteiger partial charge >= 0.3 is 0 Å². The average Bonchev–Trinajstić information content (AvgIpc) is 3.72. The molecule has 7 aromatic rings. The fraction of sp³-hybridized carbons (Fsp3) is 0.463. The topological polar surface area (TPSA) is 6.48 Å². The summed E-state index contributed by atoms with van der Waals surface area (Å²) >= 11 is 2.02. The number of fused-ring (bicyclic) bond motifs is 11. The lowest BCUT2D eigenvalue weighted by Gasteiger charge is -2.48. The number of aryl methyl sites for hydroxylation is 1. The molecule has 3 heterocycles. The van der Waals surface area contributed by atoms with Crippen LogP contribution in [0.25, 0.3) is 20.2 Å². The van der Waals surface area contributed by atoms with E-state index >= 15 is 0 Å². The Kier molecular flexibility index (Phi) is 9.82. The van der Waals surface area contributed by atoms with Crippen molar-refractivity contribution in [1.29, 1.82) is 0 Å². The maximum atomic E-state index is 2.81. The molecule has 0 radical (unpaired) electrons. The van der Waals surface area contributed by atoms with Gasteiger partial charge in [-0.05, 0) is 212 Å². The Bertz CT molecular complexity index is 3400. The van der Waals surface area contributed by atoms with Crippen molar-refractivity contribution in [1.82, 2.24) is 0 Å². The summed E-state index contributed by atoms with van der Waals surface area (Å²) in [5.41, 5.74) is 25.3. The number of hydrogen-bond acceptors (Lipinski definition) is 3. The highest BCUT2D eigenvalue weighted by atomic mass is 32.1. The van der Waals surface area contributed by atoms with Crippen LogP contribution in [0, 0.1) is 6.92 Å². The van der Waals surface area contributed by atoms with Crippen molar-refractivity contribution in [2.24, 2.45) is 0 Å². The van der Waals surface area contributed by atoms with Crippen molar-refractivity contribution in [3.8, 4) is 0 Å². The number of hydrogen-bond donors (Lipinski definition) is 0. The molecule has 0 unspecified atom stereocenters. The van der Waals surface area contributed by atoms with Gasteiger partial charge < -0.3 is 9.80 Å². The fourth-order valence-corrected chi connectivity index (χ4v) is 16.5. The molecule has 2 nitrogen and oxygen atoms in total. The first-order valence-corrected chi connectivity index (χ1v) is 28.6. The Morgan fingerprint density at radius 3 is 1.62 bits per heavy atom. The van der Waals surface area contributed by atoms with Crippen molar-refractivity contribution in [3.63, 3.8) is 0 Å². The summed E-state index contributed by atoms with van der Waals surface area (Å²) in [6.45, 7) is 32.5. The Morgan fingerprint density at radius 1 is 0.451 bits per heavy atom. The monoisotopic (exact) mass is 953 g/mol. The molecule has 6 aliphatic rings. The van der Waals surface area contributed by atoms with Gasteiger partial charge in [0.2, 0.25) is 0 Å². The number of benzene rings is 6. The summed E-state index contributed by atoms with van der Waals surface area (Å²) in [4.78, 5) is 5.62. The predicted molar refractivity (Wildman–Crippen MR) is 310 cm³/mol. The van der Waals surface area contributed by atoms with Crippen LogP contribution in [0.3, 0.4) is 0 Å². The zero-order valence-electron chi connectivity index (χ0n) is 45.4. The molecule has 13 rings (SSSR count). The Morgan fingerprint density at radius 2 is 0.986 bits per heavy atom. The first-order valence-electron chi connectivity index (χ1n) is 27.8. The standard InChI is InChI=1S/C67H77BN2S/c1-40-33-47-50(66(10,11)31-29-63(47,4)5)38-54(40)70-53-26-24-45-44-21-17-18-22-58(44)71-61(45)60(53)68-52-37-49-51(67(12,13)32-30-65(49,8)9)39-55(52)69(43-23-25-46-48(36-43)64(6,7)28-27-62(46,2)3)56-34-42(35-57(70)59(56)68)41-19-15-14-16-20-41/h17-18,21-26,33-39,41H,14-16,19-20,27-32H2,1-13H3. The van der Waals surface area contributed by atoms with Gasteiger partial charge in [0.1, 0.15) is 0 Å². The van der Waals surface area contributed by atoms with Crippen molar-refractivity contribution in [2.45, 2.75) is 199 Å². The molecular formula is C67H77BN2S. The molecule has 2 aliphatic heterocycles. The van der Waals surface area contributed by atoms with Gasteiger partial charge in [0, 0.05) is 48.9 Å². The minimum Gasteiger partial charge on any atom is -0.311 e. The van der Waals surface area contributed by atoms with E-state index in [1.807, 2.05) is 11.3 Å². The smallest absolute Gasteiger partial charge is 0.254 e. The van der Waals surface area contributed by atoms with Crippen LogP contribution in [0.4, 0.5) is 34.1 Å². The summed E-state index contributed by atoms with van der Waals surface area (Å²) in [7, 11) is 0. The average molecular weight is 953 g/mol. The van der Waals surface area contributed by atoms with E-state index in [1.165, 1.54) is 180 Å². The summed E-state index contributed by atoms with van der Waals surface area (Å²) in [6.07, 6.45) is 13.7. The van der Waals surface area contributed by atoms with E-state index in [-0.39, 0.29) is 39.2 Å². The van der Waals surface area contributed by atoms with E-state index in [4.69, 9.17) is 0 Å². The van der Waals surface area contributed by atoms with E-state index < -0.39 is 0 Å². The van der Waals surface area contributed by atoms with Crippen LogP contribution in [-0.2, 0) is 32.5 Å². The normalized spacial score (nSPS) is 21.8. The summed E-state index contributed by atoms with van der Waals surface area (Å²) in [6, 6.07) is 38.2. The quantitative estimate of drug-likeness (QED) is 0.163.